The molecule has 0 saturated heterocycles. The molecule has 0 aliphatic carbocycles. The van der Waals surface area contributed by atoms with Crippen LogP contribution in [0.5, 0.6) is 0 Å². The summed E-state index contributed by atoms with van der Waals surface area (Å²) in [6, 6.07) is 7.10. The highest BCUT2D eigenvalue weighted by Crippen LogP contribution is 2.13. The zero-order valence-corrected chi connectivity index (χ0v) is 12.8. The summed E-state index contributed by atoms with van der Waals surface area (Å²) >= 11 is 0. The molecule has 0 aliphatic rings. The molecule has 1 aromatic carbocycles. The number of hydrogen-bond acceptors (Lipinski definition) is 4. The van der Waals surface area contributed by atoms with Crippen molar-refractivity contribution in [2.45, 2.75) is 32.7 Å². The zero-order valence-electron chi connectivity index (χ0n) is 12.8. The van der Waals surface area contributed by atoms with Crippen LogP contribution in [-0.4, -0.2) is 32.8 Å². The number of tetrazole rings is 1. The minimum atomic E-state index is -0.203. The van der Waals surface area contributed by atoms with E-state index >= 15 is 0 Å². The Hall–Kier alpha value is -1.82. The number of halogens is 1. The summed E-state index contributed by atoms with van der Waals surface area (Å²) in [4.78, 5) is 1.47. The number of nitrogens with one attached hydrogen (secondary N) is 1. The minimum Gasteiger partial charge on any atom is -0.314 e. The van der Waals surface area contributed by atoms with E-state index in [2.05, 4.69) is 34.6 Å². The molecule has 1 atom stereocenters. The van der Waals surface area contributed by atoms with Gasteiger partial charge in [0.05, 0.1) is 7.05 Å². The lowest BCUT2D eigenvalue weighted by Gasteiger charge is -2.18. The fourth-order valence-corrected chi connectivity index (χ4v) is 2.24. The van der Waals surface area contributed by atoms with Gasteiger partial charge in [-0.1, -0.05) is 26.0 Å². The van der Waals surface area contributed by atoms with E-state index in [1.54, 1.807) is 7.05 Å². The molecule has 0 spiro atoms. The second-order valence-electron chi connectivity index (χ2n) is 5.66. The maximum Gasteiger partial charge on any atom is 0.175 e. The lowest BCUT2D eigenvalue weighted by atomic mass is 9.95. The Balaban J connectivity index is 2.02. The third-order valence-corrected chi connectivity index (χ3v) is 3.27. The maximum absolute atomic E-state index is 13.0. The summed E-state index contributed by atoms with van der Waals surface area (Å²) in [6.07, 6.45) is 1.61. The van der Waals surface area contributed by atoms with E-state index < -0.39 is 0 Å². The molecule has 0 fully saturated rings. The van der Waals surface area contributed by atoms with Crippen LogP contribution in [-0.2, 0) is 19.9 Å². The normalized spacial score (nSPS) is 12.8. The van der Waals surface area contributed by atoms with E-state index in [0.29, 0.717) is 12.0 Å². The van der Waals surface area contributed by atoms with Gasteiger partial charge in [-0.05, 0) is 41.8 Å². The topological polar surface area (TPSA) is 55.6 Å². The molecule has 1 heterocycles. The van der Waals surface area contributed by atoms with Crippen LogP contribution >= 0.6 is 0 Å². The van der Waals surface area contributed by atoms with Crippen LogP contribution in [0.4, 0.5) is 4.39 Å². The fraction of sp³-hybridized carbons (Fsp3) is 0.533. The number of rotatable bonds is 7. The first kappa shape index (κ1) is 15.6. The summed E-state index contributed by atoms with van der Waals surface area (Å²) in [6.45, 7) is 5.11. The summed E-state index contributed by atoms with van der Waals surface area (Å²) < 4.78 is 13.0. The number of nitrogens with zero attached hydrogens (tertiary/aromatic N) is 4. The second-order valence-corrected chi connectivity index (χ2v) is 5.66. The Bertz CT molecular complexity index is 549. The quantitative estimate of drug-likeness (QED) is 0.844. The molecule has 114 valence electrons. The van der Waals surface area contributed by atoms with Crippen molar-refractivity contribution in [1.29, 1.82) is 0 Å². The maximum atomic E-state index is 13.0. The van der Waals surface area contributed by atoms with Gasteiger partial charge in [-0.25, -0.2) is 4.39 Å². The first-order valence-corrected chi connectivity index (χ1v) is 7.23. The van der Waals surface area contributed by atoms with Gasteiger partial charge < -0.3 is 5.32 Å². The Morgan fingerprint density at radius 1 is 1.19 bits per heavy atom. The highest BCUT2D eigenvalue weighted by molar-refractivity contribution is 5.17. The molecule has 2 aromatic rings. The Morgan fingerprint density at radius 3 is 2.48 bits per heavy atom. The van der Waals surface area contributed by atoms with E-state index in [9.17, 15) is 4.39 Å². The molecule has 1 N–H and O–H groups in total. The van der Waals surface area contributed by atoms with E-state index in [0.717, 1.165) is 30.8 Å². The minimum absolute atomic E-state index is 0.203. The van der Waals surface area contributed by atoms with Crippen LogP contribution in [0.15, 0.2) is 24.3 Å². The van der Waals surface area contributed by atoms with Crippen molar-refractivity contribution in [2.75, 3.05) is 6.54 Å². The van der Waals surface area contributed by atoms with Crippen molar-refractivity contribution in [3.8, 4) is 0 Å². The second kappa shape index (κ2) is 7.26. The fourth-order valence-electron chi connectivity index (χ4n) is 2.24. The van der Waals surface area contributed by atoms with Crippen molar-refractivity contribution in [3.05, 3.63) is 41.5 Å². The third-order valence-electron chi connectivity index (χ3n) is 3.27. The largest absolute Gasteiger partial charge is 0.314 e. The van der Waals surface area contributed by atoms with Crippen LogP contribution in [0.3, 0.4) is 0 Å². The van der Waals surface area contributed by atoms with Gasteiger partial charge >= 0.3 is 0 Å². The average Bonchev–Trinajstić information content (AvgIpc) is 2.84. The Kier molecular flexibility index (Phi) is 5.38. The van der Waals surface area contributed by atoms with Crippen molar-refractivity contribution in [3.63, 3.8) is 0 Å². The van der Waals surface area contributed by atoms with Gasteiger partial charge in [0.2, 0.25) is 0 Å². The summed E-state index contributed by atoms with van der Waals surface area (Å²) in [5, 5.41) is 15.6. The Labute approximate surface area is 124 Å². The lowest BCUT2D eigenvalue weighted by molar-refractivity contribution is 0.436. The number of hydrogen-bond donors (Lipinski definition) is 1. The first-order valence-electron chi connectivity index (χ1n) is 7.23. The van der Waals surface area contributed by atoms with E-state index in [1.807, 2.05) is 12.1 Å². The van der Waals surface area contributed by atoms with Gasteiger partial charge in [0.15, 0.2) is 5.82 Å². The highest BCUT2D eigenvalue weighted by Gasteiger charge is 2.14. The molecule has 1 aromatic heterocycles. The summed E-state index contributed by atoms with van der Waals surface area (Å²) in [7, 11) is 1.76. The molecule has 0 amide bonds. The van der Waals surface area contributed by atoms with Gasteiger partial charge in [0.1, 0.15) is 5.82 Å². The predicted octanol–water partition coefficient (Wildman–Crippen LogP) is 1.75. The zero-order chi connectivity index (χ0) is 15.2. The molecule has 0 bridgehead atoms. The molecule has 1 unspecified atom stereocenters. The van der Waals surface area contributed by atoms with Gasteiger partial charge in [-0.2, -0.15) is 4.80 Å². The number of aryl methyl sites for hydroxylation is 1. The first-order chi connectivity index (χ1) is 10.0. The molecule has 5 nitrogen and oxygen atoms in total. The molecule has 0 aliphatic heterocycles. The van der Waals surface area contributed by atoms with Crippen molar-refractivity contribution in [1.82, 2.24) is 25.5 Å². The van der Waals surface area contributed by atoms with Crippen LogP contribution in [0.25, 0.3) is 0 Å². The van der Waals surface area contributed by atoms with Gasteiger partial charge in [0.25, 0.3) is 0 Å². The number of benzene rings is 1. The van der Waals surface area contributed by atoms with Crippen molar-refractivity contribution < 1.29 is 4.39 Å². The van der Waals surface area contributed by atoms with Gasteiger partial charge in [-0.15, -0.1) is 10.2 Å². The number of aromatic nitrogens is 4. The highest BCUT2D eigenvalue weighted by atomic mass is 19.1. The molecule has 2 rings (SSSR count). The Morgan fingerprint density at radius 2 is 1.90 bits per heavy atom. The van der Waals surface area contributed by atoms with Gasteiger partial charge in [-0.3, -0.25) is 0 Å². The molecule has 0 saturated carbocycles. The monoisotopic (exact) mass is 291 g/mol. The molecular formula is C15H22FN5. The average molecular weight is 291 g/mol. The standard InChI is InChI=1S/C15H22FN5/c1-11(2)17-10-13(9-15-18-20-21(3)19-15)8-12-4-6-14(16)7-5-12/h4-7,11,13,17H,8-10H2,1-3H3. The van der Waals surface area contributed by atoms with E-state index in [-0.39, 0.29) is 5.82 Å². The molecule has 0 radical (unpaired) electrons. The summed E-state index contributed by atoms with van der Waals surface area (Å²) in [5.41, 5.74) is 1.12. The van der Waals surface area contributed by atoms with Crippen LogP contribution in [0.1, 0.15) is 25.2 Å². The predicted molar refractivity (Wildman–Crippen MR) is 79.2 cm³/mol. The third kappa shape index (κ3) is 5.23. The van der Waals surface area contributed by atoms with Crippen molar-refractivity contribution in [2.24, 2.45) is 13.0 Å². The van der Waals surface area contributed by atoms with Crippen molar-refractivity contribution >= 4 is 0 Å². The molecular weight excluding hydrogens is 269 g/mol. The van der Waals surface area contributed by atoms with Crippen LogP contribution in [0.2, 0.25) is 0 Å². The van der Waals surface area contributed by atoms with Crippen LogP contribution < -0.4 is 5.32 Å². The molecule has 21 heavy (non-hydrogen) atoms. The van der Waals surface area contributed by atoms with Gasteiger partial charge in [0, 0.05) is 12.5 Å². The molecule has 6 heteroatoms. The smallest absolute Gasteiger partial charge is 0.175 e. The van der Waals surface area contributed by atoms with Crippen LogP contribution in [0, 0.1) is 11.7 Å². The van der Waals surface area contributed by atoms with E-state index in [1.165, 1.54) is 16.9 Å². The SMILES string of the molecule is CC(C)NCC(Cc1ccc(F)cc1)Cc1nnn(C)n1. The summed E-state index contributed by atoms with van der Waals surface area (Å²) in [5.74, 6) is 0.892. The lowest BCUT2D eigenvalue weighted by Crippen LogP contribution is -2.31. The van der Waals surface area contributed by atoms with E-state index in [4.69, 9.17) is 0 Å².